The van der Waals surface area contributed by atoms with E-state index in [0.717, 1.165) is 44.6 Å². The average Bonchev–Trinajstić information content (AvgIpc) is 3.09. The second kappa shape index (κ2) is 6.12. The van der Waals surface area contributed by atoms with Crippen molar-refractivity contribution in [3.63, 3.8) is 0 Å². The molecule has 0 unspecified atom stereocenters. The van der Waals surface area contributed by atoms with Crippen molar-refractivity contribution in [3.05, 3.63) is 16.1 Å². The fraction of sp³-hybridized carbons (Fsp3) is 0.667. The minimum atomic E-state index is 0.227. The molecule has 94 valence electrons. The Labute approximate surface area is 106 Å². The lowest BCUT2D eigenvalue weighted by atomic mass is 10.3. The number of hydrogen-bond donors (Lipinski definition) is 2. The van der Waals surface area contributed by atoms with E-state index in [1.54, 1.807) is 11.3 Å². The molecule has 0 aromatic carbocycles. The van der Waals surface area contributed by atoms with E-state index in [9.17, 15) is 4.79 Å². The van der Waals surface area contributed by atoms with E-state index in [1.165, 1.54) is 4.88 Å². The van der Waals surface area contributed by atoms with E-state index in [2.05, 4.69) is 15.6 Å². The summed E-state index contributed by atoms with van der Waals surface area (Å²) in [6.45, 7) is 4.57. The van der Waals surface area contributed by atoms with Gasteiger partial charge in [-0.1, -0.05) is 0 Å². The van der Waals surface area contributed by atoms with E-state index in [0.29, 0.717) is 5.92 Å². The van der Waals surface area contributed by atoms with Crippen molar-refractivity contribution in [2.24, 2.45) is 5.92 Å². The Balaban J connectivity index is 1.49. The van der Waals surface area contributed by atoms with Gasteiger partial charge in [0.15, 0.2) is 0 Å². The largest absolute Gasteiger partial charge is 0.355 e. The van der Waals surface area contributed by atoms with Crippen LogP contribution in [0.4, 0.5) is 0 Å². The van der Waals surface area contributed by atoms with Gasteiger partial charge in [0.05, 0.1) is 11.2 Å². The topological polar surface area (TPSA) is 54.0 Å². The standard InChI is InChI=1S/C12H19N3OS/c1-9-11(17-8-15-9)4-5-13-6-7-14-12(16)10-2-3-10/h8,10,13H,2-7H2,1H3,(H,14,16). The lowest BCUT2D eigenvalue weighted by molar-refractivity contribution is -0.122. The monoisotopic (exact) mass is 253 g/mol. The van der Waals surface area contributed by atoms with Crippen LogP contribution in [0.5, 0.6) is 0 Å². The fourth-order valence-corrected chi connectivity index (χ4v) is 2.44. The van der Waals surface area contributed by atoms with E-state index in [-0.39, 0.29) is 5.91 Å². The zero-order valence-corrected chi connectivity index (χ0v) is 11.0. The molecule has 5 heteroatoms. The first kappa shape index (κ1) is 12.5. The number of amides is 1. The summed E-state index contributed by atoms with van der Waals surface area (Å²) < 4.78 is 0. The van der Waals surface area contributed by atoms with Crippen LogP contribution in [0.1, 0.15) is 23.4 Å². The molecule has 0 radical (unpaired) electrons. The first-order valence-corrected chi connectivity index (χ1v) is 7.02. The summed E-state index contributed by atoms with van der Waals surface area (Å²) in [6, 6.07) is 0. The Hall–Kier alpha value is -0.940. The molecular formula is C12H19N3OS. The van der Waals surface area contributed by atoms with Crippen LogP contribution in [0.2, 0.25) is 0 Å². The van der Waals surface area contributed by atoms with Crippen molar-refractivity contribution in [1.82, 2.24) is 15.6 Å². The Bertz CT molecular complexity index is 374. The first-order valence-electron chi connectivity index (χ1n) is 6.15. The summed E-state index contributed by atoms with van der Waals surface area (Å²) >= 11 is 1.71. The molecule has 1 fully saturated rings. The third-order valence-corrected chi connectivity index (χ3v) is 3.92. The highest BCUT2D eigenvalue weighted by molar-refractivity contribution is 7.09. The van der Waals surface area contributed by atoms with E-state index >= 15 is 0 Å². The summed E-state index contributed by atoms with van der Waals surface area (Å²) in [7, 11) is 0. The molecule has 2 rings (SSSR count). The van der Waals surface area contributed by atoms with Crippen LogP contribution in [0.3, 0.4) is 0 Å². The maximum atomic E-state index is 11.3. The lowest BCUT2D eigenvalue weighted by Crippen LogP contribution is -2.33. The SMILES string of the molecule is Cc1ncsc1CCNCCNC(=O)C1CC1. The van der Waals surface area contributed by atoms with Gasteiger partial charge < -0.3 is 10.6 Å². The highest BCUT2D eigenvalue weighted by Crippen LogP contribution is 2.28. The molecule has 0 spiro atoms. The highest BCUT2D eigenvalue weighted by Gasteiger charge is 2.28. The number of aromatic nitrogens is 1. The molecule has 0 atom stereocenters. The predicted molar refractivity (Wildman–Crippen MR) is 69.2 cm³/mol. The second-order valence-corrected chi connectivity index (χ2v) is 5.37. The molecule has 1 aromatic heterocycles. The Morgan fingerprint density at radius 2 is 2.29 bits per heavy atom. The van der Waals surface area contributed by atoms with Gasteiger partial charge in [-0.25, -0.2) is 4.98 Å². The van der Waals surface area contributed by atoms with Gasteiger partial charge >= 0.3 is 0 Å². The van der Waals surface area contributed by atoms with Gasteiger partial charge in [0.2, 0.25) is 5.91 Å². The van der Waals surface area contributed by atoms with E-state index in [1.807, 2.05) is 12.4 Å². The Morgan fingerprint density at radius 1 is 1.47 bits per heavy atom. The summed E-state index contributed by atoms with van der Waals surface area (Å²) in [5, 5.41) is 6.27. The van der Waals surface area contributed by atoms with Gasteiger partial charge in [-0.05, 0) is 26.2 Å². The molecule has 1 saturated carbocycles. The number of thiazole rings is 1. The van der Waals surface area contributed by atoms with Crippen LogP contribution in [-0.2, 0) is 11.2 Å². The van der Waals surface area contributed by atoms with E-state index in [4.69, 9.17) is 0 Å². The average molecular weight is 253 g/mol. The lowest BCUT2D eigenvalue weighted by Gasteiger charge is -2.05. The summed E-state index contributed by atoms with van der Waals surface area (Å²) in [6.07, 6.45) is 3.17. The van der Waals surface area contributed by atoms with Gasteiger partial charge in [0.25, 0.3) is 0 Å². The normalized spacial score (nSPS) is 14.9. The molecule has 17 heavy (non-hydrogen) atoms. The number of carbonyl (C=O) groups is 1. The zero-order chi connectivity index (χ0) is 12.1. The molecule has 1 amide bonds. The molecule has 1 aliphatic carbocycles. The maximum Gasteiger partial charge on any atom is 0.223 e. The minimum Gasteiger partial charge on any atom is -0.355 e. The van der Waals surface area contributed by atoms with Crippen molar-refractivity contribution in [2.75, 3.05) is 19.6 Å². The van der Waals surface area contributed by atoms with Gasteiger partial charge in [0, 0.05) is 30.4 Å². The van der Waals surface area contributed by atoms with Gasteiger partial charge in [-0.15, -0.1) is 11.3 Å². The third-order valence-electron chi connectivity index (χ3n) is 2.92. The van der Waals surface area contributed by atoms with Crippen LogP contribution >= 0.6 is 11.3 Å². The van der Waals surface area contributed by atoms with Crippen LogP contribution < -0.4 is 10.6 Å². The number of hydrogen-bond acceptors (Lipinski definition) is 4. The van der Waals surface area contributed by atoms with Gasteiger partial charge in [0.1, 0.15) is 0 Å². The number of aryl methyl sites for hydroxylation is 1. The smallest absolute Gasteiger partial charge is 0.223 e. The van der Waals surface area contributed by atoms with Gasteiger partial charge in [-0.3, -0.25) is 4.79 Å². The molecule has 0 aliphatic heterocycles. The van der Waals surface area contributed by atoms with Crippen molar-refractivity contribution >= 4 is 17.2 Å². The van der Waals surface area contributed by atoms with Crippen LogP contribution in [-0.4, -0.2) is 30.5 Å². The summed E-state index contributed by atoms with van der Waals surface area (Å²) in [4.78, 5) is 16.9. The molecule has 0 saturated heterocycles. The number of nitrogens with one attached hydrogen (secondary N) is 2. The van der Waals surface area contributed by atoms with E-state index < -0.39 is 0 Å². The third kappa shape index (κ3) is 4.09. The fourth-order valence-electron chi connectivity index (χ4n) is 1.66. The van der Waals surface area contributed by atoms with Crippen molar-refractivity contribution in [3.8, 4) is 0 Å². The number of rotatable bonds is 7. The molecule has 2 N–H and O–H groups in total. The van der Waals surface area contributed by atoms with Gasteiger partial charge in [-0.2, -0.15) is 0 Å². The molecule has 1 aliphatic rings. The van der Waals surface area contributed by atoms with Crippen molar-refractivity contribution < 1.29 is 4.79 Å². The molecule has 1 aromatic rings. The molecule has 0 bridgehead atoms. The number of nitrogens with zero attached hydrogens (tertiary/aromatic N) is 1. The molecular weight excluding hydrogens is 234 g/mol. The van der Waals surface area contributed by atoms with Crippen LogP contribution in [0.25, 0.3) is 0 Å². The van der Waals surface area contributed by atoms with Crippen molar-refractivity contribution in [2.45, 2.75) is 26.2 Å². The Kier molecular flexibility index (Phi) is 4.50. The van der Waals surface area contributed by atoms with Crippen LogP contribution in [0.15, 0.2) is 5.51 Å². The Morgan fingerprint density at radius 3 is 2.94 bits per heavy atom. The highest BCUT2D eigenvalue weighted by atomic mass is 32.1. The first-order chi connectivity index (χ1) is 8.27. The summed E-state index contributed by atoms with van der Waals surface area (Å²) in [5.74, 6) is 0.542. The predicted octanol–water partition coefficient (Wildman–Crippen LogP) is 1.11. The maximum absolute atomic E-state index is 11.3. The quantitative estimate of drug-likeness (QED) is 0.716. The zero-order valence-electron chi connectivity index (χ0n) is 10.2. The second-order valence-electron chi connectivity index (χ2n) is 4.43. The summed E-state index contributed by atoms with van der Waals surface area (Å²) in [5.41, 5.74) is 3.03. The van der Waals surface area contributed by atoms with Crippen molar-refractivity contribution in [1.29, 1.82) is 0 Å². The van der Waals surface area contributed by atoms with Crippen LogP contribution in [0, 0.1) is 12.8 Å². The molecule has 1 heterocycles. The number of carbonyl (C=O) groups excluding carboxylic acids is 1. The molecule has 4 nitrogen and oxygen atoms in total. The minimum absolute atomic E-state index is 0.227.